The lowest BCUT2D eigenvalue weighted by Crippen LogP contribution is -2.42. The molecule has 208 valence electrons. The number of hydrogen-bond donors (Lipinski definition) is 0. The van der Waals surface area contributed by atoms with Crippen molar-refractivity contribution in [1.29, 1.82) is 5.26 Å². The van der Waals surface area contributed by atoms with Gasteiger partial charge in [-0.25, -0.2) is 4.68 Å². The first-order valence-corrected chi connectivity index (χ1v) is 13.7. The average Bonchev–Trinajstić information content (AvgIpc) is 3.69. The van der Waals surface area contributed by atoms with Gasteiger partial charge >= 0.3 is 0 Å². The Bertz CT molecular complexity index is 2050. The van der Waals surface area contributed by atoms with Crippen LogP contribution in [0.25, 0.3) is 33.8 Å². The number of nitrogens with zero attached hydrogens (tertiary/aromatic N) is 4. The Morgan fingerprint density at radius 2 is 1.65 bits per heavy atom. The lowest BCUT2D eigenvalue weighted by atomic mass is 9.92. The van der Waals surface area contributed by atoms with Crippen LogP contribution in [0.15, 0.2) is 114 Å². The van der Waals surface area contributed by atoms with Gasteiger partial charge in [0.25, 0.3) is 11.8 Å². The monoisotopic (exact) mass is 564 g/mol. The summed E-state index contributed by atoms with van der Waals surface area (Å²) < 4.78 is 12.6. The molecule has 43 heavy (non-hydrogen) atoms. The zero-order valence-electron chi connectivity index (χ0n) is 23.2. The van der Waals surface area contributed by atoms with Gasteiger partial charge in [0, 0.05) is 22.9 Å². The summed E-state index contributed by atoms with van der Waals surface area (Å²) in [7, 11) is 0. The smallest absolute Gasteiger partial charge is 0.271 e. The topological polar surface area (TPSA) is 97.5 Å². The van der Waals surface area contributed by atoms with E-state index in [9.17, 15) is 14.9 Å². The van der Waals surface area contributed by atoms with Crippen molar-refractivity contribution in [2.75, 3.05) is 6.79 Å². The summed E-state index contributed by atoms with van der Waals surface area (Å²) in [5.74, 6) is 0.0297. The van der Waals surface area contributed by atoms with E-state index < -0.39 is 11.8 Å². The fourth-order valence-electron chi connectivity index (χ4n) is 5.42. The summed E-state index contributed by atoms with van der Waals surface area (Å²) in [6.07, 6.45) is 3.59. The molecule has 0 bridgehead atoms. The van der Waals surface area contributed by atoms with E-state index in [1.807, 2.05) is 72.9 Å². The maximum Gasteiger partial charge on any atom is 0.271 e. The van der Waals surface area contributed by atoms with Gasteiger partial charge in [-0.1, -0.05) is 60.7 Å². The van der Waals surface area contributed by atoms with E-state index >= 15 is 0 Å². The molecule has 8 heteroatoms. The van der Waals surface area contributed by atoms with Crippen molar-refractivity contribution in [2.45, 2.75) is 13.5 Å². The molecule has 0 saturated heterocycles. The lowest BCUT2D eigenvalue weighted by molar-refractivity contribution is -0.141. The van der Waals surface area contributed by atoms with E-state index in [0.717, 1.165) is 26.9 Å². The number of para-hydroxylation sites is 1. The van der Waals surface area contributed by atoms with Gasteiger partial charge in [0.05, 0.1) is 17.9 Å². The zero-order chi connectivity index (χ0) is 29.5. The SMILES string of the molecule is CC1=C(C#N)C(=O)N(Cc2ccc3c(c2)OCO3)C(=O)/C1=C/c1cn(-c2ccccc2)nc1-c1ccc2ccccc2c1. The molecule has 2 aliphatic heterocycles. The van der Waals surface area contributed by atoms with Gasteiger partial charge in [-0.05, 0) is 65.2 Å². The molecular weight excluding hydrogens is 540 g/mol. The maximum atomic E-state index is 14.0. The van der Waals surface area contributed by atoms with Crippen LogP contribution >= 0.6 is 0 Å². The normalized spacial score (nSPS) is 15.4. The number of rotatable bonds is 5. The van der Waals surface area contributed by atoms with Gasteiger partial charge in [-0.2, -0.15) is 10.4 Å². The second-order valence-corrected chi connectivity index (χ2v) is 10.3. The second kappa shape index (κ2) is 10.5. The molecule has 0 N–H and O–H groups in total. The first-order valence-electron chi connectivity index (χ1n) is 13.7. The summed E-state index contributed by atoms with van der Waals surface area (Å²) in [6, 6.07) is 31.2. The zero-order valence-corrected chi connectivity index (χ0v) is 23.2. The number of carbonyl (C=O) groups is 2. The summed E-state index contributed by atoms with van der Waals surface area (Å²) in [5.41, 5.74) is 4.26. The van der Waals surface area contributed by atoms with Crippen molar-refractivity contribution >= 4 is 28.7 Å². The van der Waals surface area contributed by atoms with Crippen LogP contribution in [0.4, 0.5) is 0 Å². The van der Waals surface area contributed by atoms with Crippen LogP contribution in [0.5, 0.6) is 11.5 Å². The van der Waals surface area contributed by atoms with Crippen LogP contribution in [0.2, 0.25) is 0 Å². The van der Waals surface area contributed by atoms with E-state index in [1.165, 1.54) is 0 Å². The largest absolute Gasteiger partial charge is 0.454 e. The molecule has 7 rings (SSSR count). The Morgan fingerprint density at radius 3 is 2.47 bits per heavy atom. The highest BCUT2D eigenvalue weighted by atomic mass is 16.7. The summed E-state index contributed by atoms with van der Waals surface area (Å²) in [6.45, 7) is 1.73. The molecule has 1 aromatic heterocycles. The molecule has 5 aromatic rings. The van der Waals surface area contributed by atoms with Gasteiger partial charge in [0.2, 0.25) is 6.79 Å². The van der Waals surface area contributed by atoms with Gasteiger partial charge in [0.1, 0.15) is 11.6 Å². The fourth-order valence-corrected chi connectivity index (χ4v) is 5.42. The number of fused-ring (bicyclic) bond motifs is 2. The third kappa shape index (κ3) is 4.63. The van der Waals surface area contributed by atoms with E-state index in [1.54, 1.807) is 35.9 Å². The molecule has 8 nitrogen and oxygen atoms in total. The standard InChI is InChI=1S/C35H24N4O4/c1-22-29(34(40)38(35(41)30(22)18-36)19-23-11-14-31-32(15-23)43-21-42-31)17-27-20-39(28-9-3-2-4-10-28)37-33(27)26-13-12-24-7-5-6-8-25(24)16-26/h2-17,20H,19,21H2,1H3/b29-17+. The van der Waals surface area contributed by atoms with Crippen molar-refractivity contribution in [3.63, 3.8) is 0 Å². The molecule has 2 aliphatic rings. The highest BCUT2D eigenvalue weighted by Gasteiger charge is 2.36. The van der Waals surface area contributed by atoms with Crippen LogP contribution in [-0.4, -0.2) is 33.3 Å². The number of aromatic nitrogens is 2. The molecule has 3 heterocycles. The maximum absolute atomic E-state index is 14.0. The summed E-state index contributed by atoms with van der Waals surface area (Å²) in [4.78, 5) is 28.4. The number of hydrogen-bond acceptors (Lipinski definition) is 6. The molecule has 4 aromatic carbocycles. The minimum Gasteiger partial charge on any atom is -0.454 e. The molecule has 0 radical (unpaired) electrons. The van der Waals surface area contributed by atoms with Crippen molar-refractivity contribution in [2.24, 2.45) is 0 Å². The van der Waals surface area contributed by atoms with Crippen molar-refractivity contribution < 1.29 is 19.1 Å². The highest BCUT2D eigenvalue weighted by Crippen LogP contribution is 2.35. The van der Waals surface area contributed by atoms with E-state index in [0.29, 0.717) is 33.9 Å². The summed E-state index contributed by atoms with van der Waals surface area (Å²) >= 11 is 0. The Labute approximate surface area is 247 Å². The van der Waals surface area contributed by atoms with Crippen LogP contribution < -0.4 is 9.47 Å². The van der Waals surface area contributed by atoms with Crippen LogP contribution in [0, 0.1) is 11.3 Å². The van der Waals surface area contributed by atoms with Crippen molar-refractivity contribution in [3.05, 3.63) is 125 Å². The molecule has 0 spiro atoms. The minimum absolute atomic E-state index is 0.0229. The van der Waals surface area contributed by atoms with Gasteiger partial charge in [0.15, 0.2) is 11.5 Å². The molecule has 0 atom stereocenters. The van der Waals surface area contributed by atoms with Crippen LogP contribution in [-0.2, 0) is 16.1 Å². The number of carbonyl (C=O) groups excluding carboxylic acids is 2. The molecular formula is C35H24N4O4. The third-order valence-corrected chi connectivity index (χ3v) is 7.69. The third-order valence-electron chi connectivity index (χ3n) is 7.69. The Balaban J connectivity index is 1.35. The molecule has 2 amide bonds. The van der Waals surface area contributed by atoms with Crippen molar-refractivity contribution in [3.8, 4) is 34.5 Å². The number of amides is 2. The van der Waals surface area contributed by atoms with Crippen LogP contribution in [0.1, 0.15) is 18.1 Å². The first kappa shape index (κ1) is 26.0. The number of nitriles is 1. The molecule has 0 aliphatic carbocycles. The lowest BCUT2D eigenvalue weighted by Gasteiger charge is -2.27. The number of ether oxygens (including phenoxy) is 2. The van der Waals surface area contributed by atoms with Gasteiger partial charge in [-0.3, -0.25) is 14.5 Å². The minimum atomic E-state index is -0.630. The van der Waals surface area contributed by atoms with E-state index in [4.69, 9.17) is 14.6 Å². The van der Waals surface area contributed by atoms with Gasteiger partial charge < -0.3 is 9.47 Å². The van der Waals surface area contributed by atoms with E-state index in [2.05, 4.69) is 12.1 Å². The molecule has 0 unspecified atom stereocenters. The first-order chi connectivity index (χ1) is 21.0. The number of imide groups is 1. The fraction of sp³-hybridized carbons (Fsp3) is 0.0857. The Kier molecular flexibility index (Phi) is 6.33. The molecule has 0 saturated carbocycles. The van der Waals surface area contributed by atoms with Gasteiger partial charge in [-0.15, -0.1) is 0 Å². The van der Waals surface area contributed by atoms with Crippen molar-refractivity contribution in [1.82, 2.24) is 14.7 Å². The Hall–Kier alpha value is -5.94. The number of benzene rings is 4. The predicted octanol–water partition coefficient (Wildman–Crippen LogP) is 6.21. The second-order valence-electron chi connectivity index (χ2n) is 10.3. The van der Waals surface area contributed by atoms with Crippen LogP contribution in [0.3, 0.4) is 0 Å². The average molecular weight is 565 g/mol. The summed E-state index contributed by atoms with van der Waals surface area (Å²) in [5, 5.41) is 17.0. The Morgan fingerprint density at radius 1 is 0.884 bits per heavy atom. The quantitative estimate of drug-likeness (QED) is 0.186. The van der Waals surface area contributed by atoms with E-state index in [-0.39, 0.29) is 24.5 Å². The predicted molar refractivity (Wildman–Crippen MR) is 161 cm³/mol. The molecule has 0 fully saturated rings. The highest BCUT2D eigenvalue weighted by molar-refractivity contribution is 6.19.